The lowest BCUT2D eigenvalue weighted by Gasteiger charge is -2.17. The molecule has 0 fully saturated rings. The molecule has 158 valence electrons. The number of carbonyl (C=O) groups excluding carboxylic acids is 1. The number of para-hydroxylation sites is 1. The van der Waals surface area contributed by atoms with Gasteiger partial charge in [-0.15, -0.1) is 0 Å². The molecular formula is C22H18O7P2. The summed E-state index contributed by atoms with van der Waals surface area (Å²) in [6, 6.07) is 14.4. The lowest BCUT2D eigenvalue weighted by Crippen LogP contribution is -2.08. The zero-order chi connectivity index (χ0) is 22.7. The Labute approximate surface area is 179 Å². The molecule has 0 N–H and O–H groups in total. The van der Waals surface area contributed by atoms with E-state index in [-0.39, 0.29) is 22.6 Å². The predicted octanol–water partition coefficient (Wildman–Crippen LogP) is 6.44. The van der Waals surface area contributed by atoms with E-state index in [1.807, 2.05) is 32.9 Å². The van der Waals surface area contributed by atoms with Crippen LogP contribution in [0.25, 0.3) is 11.1 Å². The van der Waals surface area contributed by atoms with Crippen molar-refractivity contribution in [1.82, 2.24) is 0 Å². The molecule has 0 saturated carbocycles. The number of aryl methyl sites for hydroxylation is 3. The van der Waals surface area contributed by atoms with E-state index in [4.69, 9.17) is 9.05 Å². The van der Waals surface area contributed by atoms with Gasteiger partial charge in [-0.3, -0.25) is 4.79 Å². The molecule has 0 saturated heterocycles. The molecule has 3 aromatic carbocycles. The Morgan fingerprint density at radius 2 is 1.29 bits per heavy atom. The highest BCUT2D eigenvalue weighted by atomic mass is 31.1. The van der Waals surface area contributed by atoms with Crippen LogP contribution in [0.15, 0.2) is 54.6 Å². The normalized spacial score (nSPS) is 10.4. The third-order valence-electron chi connectivity index (χ3n) is 4.68. The van der Waals surface area contributed by atoms with Crippen LogP contribution in [0, 0.1) is 20.8 Å². The van der Waals surface area contributed by atoms with Gasteiger partial charge in [-0.1, -0.05) is 42.0 Å². The van der Waals surface area contributed by atoms with Crippen LogP contribution in [0.2, 0.25) is 0 Å². The zero-order valence-corrected chi connectivity index (χ0v) is 18.7. The van der Waals surface area contributed by atoms with E-state index in [0.717, 1.165) is 22.3 Å². The van der Waals surface area contributed by atoms with E-state index >= 15 is 0 Å². The Morgan fingerprint density at radius 3 is 1.90 bits per heavy atom. The van der Waals surface area contributed by atoms with Crippen LogP contribution in [0.4, 0.5) is 0 Å². The third-order valence-corrected chi connectivity index (χ3v) is 5.37. The molecule has 0 amide bonds. The Morgan fingerprint density at radius 1 is 0.742 bits per heavy atom. The van der Waals surface area contributed by atoms with Gasteiger partial charge in [-0.25, -0.2) is 0 Å². The molecule has 0 atom stereocenters. The van der Waals surface area contributed by atoms with Crippen LogP contribution >= 0.6 is 15.8 Å². The molecule has 31 heavy (non-hydrogen) atoms. The minimum absolute atomic E-state index is 0.00562. The quantitative estimate of drug-likeness (QED) is 0.297. The zero-order valence-electron chi connectivity index (χ0n) is 16.9. The second-order valence-electron chi connectivity index (χ2n) is 6.91. The van der Waals surface area contributed by atoms with Gasteiger partial charge in [0.15, 0.2) is 0 Å². The molecule has 0 aliphatic rings. The summed E-state index contributed by atoms with van der Waals surface area (Å²) in [5.74, 6) is -0.943. The molecule has 0 radical (unpaired) electrons. The van der Waals surface area contributed by atoms with Crippen molar-refractivity contribution in [3.05, 3.63) is 82.4 Å². The van der Waals surface area contributed by atoms with Gasteiger partial charge in [0.2, 0.25) is 5.78 Å². The van der Waals surface area contributed by atoms with Gasteiger partial charge >= 0.3 is 15.8 Å². The van der Waals surface area contributed by atoms with Crippen molar-refractivity contribution in [2.24, 2.45) is 0 Å². The van der Waals surface area contributed by atoms with Gasteiger partial charge in [0.05, 0.1) is 11.1 Å². The molecule has 9 heteroatoms. The van der Waals surface area contributed by atoms with Crippen LogP contribution in [0.3, 0.4) is 0 Å². The van der Waals surface area contributed by atoms with Crippen molar-refractivity contribution in [2.45, 2.75) is 20.8 Å². The predicted molar refractivity (Wildman–Crippen MR) is 114 cm³/mol. The van der Waals surface area contributed by atoms with Gasteiger partial charge in [-0.05, 0) is 61.2 Å². The largest absolute Gasteiger partial charge is 0.529 e. The molecule has 0 aromatic heterocycles. The highest BCUT2D eigenvalue weighted by Gasteiger charge is 2.25. The van der Waals surface area contributed by atoms with Crippen LogP contribution in [0.5, 0.6) is 11.5 Å². The summed E-state index contributed by atoms with van der Waals surface area (Å²) in [7, 11) is -6.54. The van der Waals surface area contributed by atoms with E-state index in [2.05, 4.69) is 0 Å². The summed E-state index contributed by atoms with van der Waals surface area (Å²) in [6.07, 6.45) is 0. The first-order chi connectivity index (χ1) is 14.7. The van der Waals surface area contributed by atoms with Crippen molar-refractivity contribution in [3.63, 3.8) is 0 Å². The minimum atomic E-state index is -3.29. The number of hydrogen-bond donors (Lipinski definition) is 0. The average molecular weight is 456 g/mol. The Balaban J connectivity index is 2.33. The van der Waals surface area contributed by atoms with Crippen molar-refractivity contribution in [1.29, 1.82) is 0 Å². The number of ketones is 1. The van der Waals surface area contributed by atoms with Crippen LogP contribution < -0.4 is 9.05 Å². The smallest absolute Gasteiger partial charge is 0.386 e. The summed E-state index contributed by atoms with van der Waals surface area (Å²) in [5.41, 5.74) is 4.00. The van der Waals surface area contributed by atoms with E-state index in [1.165, 1.54) is 24.3 Å². The fourth-order valence-corrected chi connectivity index (χ4v) is 4.32. The topological polar surface area (TPSA) is 104 Å². The van der Waals surface area contributed by atoms with Crippen molar-refractivity contribution in [2.75, 3.05) is 0 Å². The average Bonchev–Trinajstić information content (AvgIpc) is 2.66. The molecule has 0 aliphatic heterocycles. The number of rotatable bonds is 7. The molecule has 3 rings (SSSR count). The summed E-state index contributed by atoms with van der Waals surface area (Å²) < 4.78 is 54.6. The van der Waals surface area contributed by atoms with Gasteiger partial charge in [0.25, 0.3) is 0 Å². The first kappa shape index (κ1) is 22.4. The van der Waals surface area contributed by atoms with Crippen molar-refractivity contribution < 1.29 is 32.1 Å². The summed E-state index contributed by atoms with van der Waals surface area (Å²) in [5, 5.41) is 0. The van der Waals surface area contributed by atoms with E-state index < -0.39 is 21.6 Å². The summed E-state index contributed by atoms with van der Waals surface area (Å²) in [6.45, 7) is 5.74. The second kappa shape index (κ2) is 9.25. The highest BCUT2D eigenvalue weighted by Crippen LogP contribution is 2.39. The monoisotopic (exact) mass is 456 g/mol. The standard InChI is InChI=1S/C22H18O7P2/c1-13-11-14(2)20(15(3)12-13)17-8-6-10-19(29-31(26)27)21(17)22(23)16-7-4-5-9-18(16)28-30(24)25/h4-12H,1-3H3. The number of hydrogen-bond acceptors (Lipinski definition) is 7. The first-order valence-corrected chi connectivity index (χ1v) is 11.4. The summed E-state index contributed by atoms with van der Waals surface area (Å²) >= 11 is 0. The van der Waals surface area contributed by atoms with E-state index in [9.17, 15) is 23.1 Å². The Hall–Kier alpha value is -3.27. The summed E-state index contributed by atoms with van der Waals surface area (Å²) in [4.78, 5) is 13.6. The third kappa shape index (κ3) is 4.91. The molecule has 0 bridgehead atoms. The van der Waals surface area contributed by atoms with Crippen LogP contribution in [0.1, 0.15) is 32.6 Å². The maximum atomic E-state index is 13.6. The van der Waals surface area contributed by atoms with E-state index in [0.29, 0.717) is 5.56 Å². The molecule has 0 unspecified atom stereocenters. The fraction of sp³-hybridized carbons (Fsp3) is 0.136. The number of carbonyl (C=O) groups is 1. The lowest BCUT2D eigenvalue weighted by atomic mass is 9.87. The van der Waals surface area contributed by atoms with E-state index in [1.54, 1.807) is 18.2 Å². The minimum Gasteiger partial charge on any atom is -0.386 e. The van der Waals surface area contributed by atoms with Gasteiger partial charge < -0.3 is 9.05 Å². The molecular weight excluding hydrogens is 438 g/mol. The molecule has 0 spiro atoms. The number of benzene rings is 3. The van der Waals surface area contributed by atoms with Gasteiger partial charge in [-0.2, -0.15) is 18.3 Å². The molecule has 7 nitrogen and oxygen atoms in total. The first-order valence-electron chi connectivity index (χ1n) is 9.18. The SMILES string of the molecule is Cc1cc(C)c(-c2cccc(OP(=O)=O)c2C(=O)c2ccccc2OP(=O)=O)c(C)c1. The van der Waals surface area contributed by atoms with Gasteiger partial charge in [0.1, 0.15) is 11.5 Å². The van der Waals surface area contributed by atoms with Crippen LogP contribution in [-0.2, 0) is 18.3 Å². The lowest BCUT2D eigenvalue weighted by molar-refractivity contribution is 0.103. The molecule has 0 heterocycles. The fourth-order valence-electron chi connectivity index (χ4n) is 3.68. The molecule has 0 aliphatic carbocycles. The van der Waals surface area contributed by atoms with Gasteiger partial charge in [0, 0.05) is 0 Å². The molecule has 3 aromatic rings. The maximum Gasteiger partial charge on any atom is 0.529 e. The Kier molecular flexibility index (Phi) is 6.69. The van der Waals surface area contributed by atoms with Crippen molar-refractivity contribution >= 4 is 21.6 Å². The Bertz CT molecular complexity index is 1280. The second-order valence-corrected chi connectivity index (χ2v) is 8.17. The van der Waals surface area contributed by atoms with Crippen LogP contribution in [-0.4, -0.2) is 5.78 Å². The van der Waals surface area contributed by atoms with Crippen molar-refractivity contribution in [3.8, 4) is 22.6 Å². The highest BCUT2D eigenvalue weighted by molar-refractivity contribution is 7.25. The maximum absolute atomic E-state index is 13.6.